The molecule has 0 fully saturated rings. The Labute approximate surface area is 120 Å². The number of hydrogen-bond acceptors (Lipinski definition) is 4. The van der Waals surface area contributed by atoms with E-state index in [9.17, 15) is 4.39 Å². The summed E-state index contributed by atoms with van der Waals surface area (Å²) in [7, 11) is 0. The molecule has 0 radical (unpaired) electrons. The van der Waals surface area contributed by atoms with Gasteiger partial charge in [-0.05, 0) is 25.5 Å². The van der Waals surface area contributed by atoms with E-state index < -0.39 is 0 Å². The number of anilines is 1. The first-order chi connectivity index (χ1) is 9.54. The number of aromatic nitrogens is 3. The van der Waals surface area contributed by atoms with E-state index in [1.165, 1.54) is 6.07 Å². The summed E-state index contributed by atoms with van der Waals surface area (Å²) in [6.07, 6.45) is 0.788. The van der Waals surface area contributed by atoms with Crippen LogP contribution in [0, 0.1) is 19.7 Å². The van der Waals surface area contributed by atoms with Crippen molar-refractivity contribution in [3.63, 3.8) is 0 Å². The molecule has 4 nitrogen and oxygen atoms in total. The summed E-state index contributed by atoms with van der Waals surface area (Å²) in [6.45, 7) is 4.42. The average molecular weight is 290 g/mol. The van der Waals surface area contributed by atoms with Crippen LogP contribution in [0.15, 0.2) is 17.5 Å². The van der Waals surface area contributed by atoms with E-state index in [1.807, 2.05) is 11.5 Å². The number of hydrogen-bond donors (Lipinski definition) is 1. The Balaban J connectivity index is 1.94. The zero-order valence-electron chi connectivity index (χ0n) is 11.4. The first-order valence-electron chi connectivity index (χ1n) is 6.37. The molecule has 2 heterocycles. The molecule has 0 spiro atoms. The van der Waals surface area contributed by atoms with E-state index >= 15 is 0 Å². The maximum Gasteiger partial charge on any atom is 0.201 e. The highest BCUT2D eigenvalue weighted by molar-refractivity contribution is 7.09. The maximum atomic E-state index is 13.5. The summed E-state index contributed by atoms with van der Waals surface area (Å²) >= 11 is 1.64. The summed E-state index contributed by atoms with van der Waals surface area (Å²) in [5.41, 5.74) is 9.05. The quantitative estimate of drug-likeness (QED) is 0.806. The molecule has 0 saturated heterocycles. The van der Waals surface area contributed by atoms with Crippen molar-refractivity contribution in [2.24, 2.45) is 0 Å². The lowest BCUT2D eigenvalue weighted by molar-refractivity contribution is 0.620. The molecule has 3 rings (SSSR count). The third-order valence-electron chi connectivity index (χ3n) is 3.32. The lowest BCUT2D eigenvalue weighted by Crippen LogP contribution is -2.06. The Morgan fingerprint density at radius 1 is 1.30 bits per heavy atom. The van der Waals surface area contributed by atoms with Gasteiger partial charge in [0.15, 0.2) is 0 Å². The highest BCUT2D eigenvalue weighted by atomic mass is 32.1. The number of thiazole rings is 1. The topological polar surface area (TPSA) is 56.7 Å². The van der Waals surface area contributed by atoms with Crippen LogP contribution in [0.1, 0.15) is 16.3 Å². The molecule has 0 saturated carbocycles. The van der Waals surface area contributed by atoms with Gasteiger partial charge in [0, 0.05) is 24.4 Å². The number of nitrogens with zero attached hydrogens (tertiary/aromatic N) is 3. The van der Waals surface area contributed by atoms with Gasteiger partial charge in [-0.2, -0.15) is 0 Å². The van der Waals surface area contributed by atoms with E-state index in [0.717, 1.165) is 22.6 Å². The predicted molar refractivity (Wildman–Crippen MR) is 79.4 cm³/mol. The summed E-state index contributed by atoms with van der Waals surface area (Å²) in [6, 6.07) is 3.23. The van der Waals surface area contributed by atoms with Crippen molar-refractivity contribution < 1.29 is 4.39 Å². The number of nitrogen functional groups attached to an aromatic ring is 1. The number of rotatable bonds is 3. The van der Waals surface area contributed by atoms with Gasteiger partial charge in [0.25, 0.3) is 0 Å². The maximum absolute atomic E-state index is 13.5. The highest BCUT2D eigenvalue weighted by Crippen LogP contribution is 2.22. The second-order valence-electron chi connectivity index (χ2n) is 4.82. The van der Waals surface area contributed by atoms with E-state index in [4.69, 9.17) is 5.73 Å². The van der Waals surface area contributed by atoms with E-state index in [-0.39, 0.29) is 5.82 Å². The number of benzene rings is 1. The van der Waals surface area contributed by atoms with Gasteiger partial charge in [-0.15, -0.1) is 11.3 Å². The van der Waals surface area contributed by atoms with Crippen LogP contribution in [0.4, 0.5) is 10.3 Å². The first kappa shape index (κ1) is 13.1. The number of aryl methyl sites for hydroxylation is 4. The highest BCUT2D eigenvalue weighted by Gasteiger charge is 2.11. The van der Waals surface area contributed by atoms with E-state index in [2.05, 4.69) is 15.3 Å². The molecule has 0 aliphatic heterocycles. The second-order valence-corrected chi connectivity index (χ2v) is 5.88. The van der Waals surface area contributed by atoms with Gasteiger partial charge < -0.3 is 10.3 Å². The summed E-state index contributed by atoms with van der Waals surface area (Å²) < 4.78 is 15.5. The fraction of sp³-hybridized carbons (Fsp3) is 0.286. The Kier molecular flexibility index (Phi) is 3.17. The largest absolute Gasteiger partial charge is 0.369 e. The Hall–Kier alpha value is -1.95. The smallest absolute Gasteiger partial charge is 0.201 e. The van der Waals surface area contributed by atoms with Gasteiger partial charge in [-0.1, -0.05) is 0 Å². The van der Waals surface area contributed by atoms with Crippen molar-refractivity contribution in [3.8, 4) is 0 Å². The number of fused-ring (bicyclic) bond motifs is 1. The SMILES string of the molecule is Cc1nc(CCn2c(N)nc3cc(F)c(C)cc32)cs1. The lowest BCUT2D eigenvalue weighted by atomic mass is 10.2. The molecule has 0 aliphatic rings. The van der Waals surface area contributed by atoms with Crippen molar-refractivity contribution in [2.75, 3.05) is 5.73 Å². The molecule has 20 heavy (non-hydrogen) atoms. The number of nitrogens with two attached hydrogens (primary N) is 1. The lowest BCUT2D eigenvalue weighted by Gasteiger charge is -2.05. The van der Waals surface area contributed by atoms with Crippen molar-refractivity contribution in [1.82, 2.24) is 14.5 Å². The molecule has 6 heteroatoms. The first-order valence-corrected chi connectivity index (χ1v) is 7.25. The van der Waals surface area contributed by atoms with Gasteiger partial charge in [-0.3, -0.25) is 0 Å². The van der Waals surface area contributed by atoms with Crippen LogP contribution in [0.25, 0.3) is 11.0 Å². The number of halogens is 1. The Morgan fingerprint density at radius 2 is 2.10 bits per heavy atom. The standard InChI is InChI=1S/C14H15FN4S/c1-8-5-13-12(6-11(8)15)18-14(16)19(13)4-3-10-7-20-9(2)17-10/h5-7H,3-4H2,1-2H3,(H2,16,18). The Bertz CT molecular complexity index is 775. The van der Waals surface area contributed by atoms with Gasteiger partial charge in [-0.25, -0.2) is 14.4 Å². The Morgan fingerprint density at radius 3 is 2.80 bits per heavy atom. The van der Waals surface area contributed by atoms with E-state index in [1.54, 1.807) is 24.3 Å². The molecule has 0 bridgehead atoms. The zero-order chi connectivity index (χ0) is 14.3. The van der Waals surface area contributed by atoms with Gasteiger partial charge in [0.05, 0.1) is 21.7 Å². The summed E-state index contributed by atoms with van der Waals surface area (Å²) in [5.74, 6) is 0.161. The molecule has 1 aromatic carbocycles. The third kappa shape index (κ3) is 2.27. The molecule has 0 atom stereocenters. The second kappa shape index (κ2) is 4.86. The molecule has 0 amide bonds. The number of imidazole rings is 1. The zero-order valence-corrected chi connectivity index (χ0v) is 12.2. The van der Waals surface area contributed by atoms with Crippen LogP contribution in [0.3, 0.4) is 0 Å². The molecule has 2 N–H and O–H groups in total. The minimum Gasteiger partial charge on any atom is -0.369 e. The van der Waals surface area contributed by atoms with Crippen molar-refractivity contribution >= 4 is 28.3 Å². The predicted octanol–water partition coefficient (Wildman–Crippen LogP) is 3.07. The van der Waals surface area contributed by atoms with Gasteiger partial charge in [0.2, 0.25) is 5.95 Å². The van der Waals surface area contributed by atoms with Crippen LogP contribution < -0.4 is 5.73 Å². The normalized spacial score (nSPS) is 11.3. The van der Waals surface area contributed by atoms with Crippen LogP contribution in [0.2, 0.25) is 0 Å². The summed E-state index contributed by atoms with van der Waals surface area (Å²) in [5, 5.41) is 3.11. The van der Waals surface area contributed by atoms with Gasteiger partial charge >= 0.3 is 0 Å². The molecule has 3 aromatic rings. The van der Waals surface area contributed by atoms with Crippen LogP contribution in [0.5, 0.6) is 0 Å². The van der Waals surface area contributed by atoms with Crippen LogP contribution in [-0.2, 0) is 13.0 Å². The van der Waals surface area contributed by atoms with Crippen molar-refractivity contribution in [2.45, 2.75) is 26.8 Å². The molecular weight excluding hydrogens is 275 g/mol. The van der Waals surface area contributed by atoms with Crippen molar-refractivity contribution in [1.29, 1.82) is 0 Å². The molecule has 104 valence electrons. The molecule has 2 aromatic heterocycles. The summed E-state index contributed by atoms with van der Waals surface area (Å²) in [4.78, 5) is 8.65. The monoisotopic (exact) mass is 290 g/mol. The minimum atomic E-state index is -0.253. The molecular formula is C14H15FN4S. The minimum absolute atomic E-state index is 0.253. The fourth-order valence-electron chi connectivity index (χ4n) is 2.25. The molecule has 0 unspecified atom stereocenters. The fourth-order valence-corrected chi connectivity index (χ4v) is 2.90. The van der Waals surface area contributed by atoms with Crippen molar-refractivity contribution in [3.05, 3.63) is 39.6 Å². The average Bonchev–Trinajstić information content (AvgIpc) is 2.92. The molecule has 0 aliphatic carbocycles. The third-order valence-corrected chi connectivity index (χ3v) is 4.14. The van der Waals surface area contributed by atoms with Gasteiger partial charge in [0.1, 0.15) is 5.82 Å². The van der Waals surface area contributed by atoms with Crippen LogP contribution in [-0.4, -0.2) is 14.5 Å². The van der Waals surface area contributed by atoms with Crippen LogP contribution >= 0.6 is 11.3 Å². The van der Waals surface area contributed by atoms with E-state index in [0.29, 0.717) is 23.6 Å².